The molecule has 0 amide bonds. The minimum Gasteiger partial charge on any atom is -0.465 e. The van der Waals surface area contributed by atoms with E-state index in [0.717, 1.165) is 19.3 Å². The summed E-state index contributed by atoms with van der Waals surface area (Å²) in [4.78, 5) is 11.6. The predicted molar refractivity (Wildman–Crippen MR) is 84.7 cm³/mol. The van der Waals surface area contributed by atoms with Gasteiger partial charge in [0.1, 0.15) is 0 Å². The predicted octanol–water partition coefficient (Wildman–Crippen LogP) is 5.42. The molecule has 0 bridgehead atoms. The van der Waals surface area contributed by atoms with E-state index in [1.54, 1.807) is 0 Å². The maximum atomic E-state index is 11.6. The Morgan fingerprint density at radius 3 is 2.25 bits per heavy atom. The number of cyclic esters (lactones) is 1. The van der Waals surface area contributed by atoms with Crippen LogP contribution in [0.25, 0.3) is 0 Å². The number of hydrogen-bond donors (Lipinski definition) is 0. The van der Waals surface area contributed by atoms with Crippen LogP contribution in [0.1, 0.15) is 84.0 Å². The van der Waals surface area contributed by atoms with Crippen LogP contribution in [0.3, 0.4) is 0 Å². The van der Waals surface area contributed by atoms with Crippen LogP contribution in [-0.2, 0) is 9.53 Å². The molecular formula is C18H32O2. The maximum Gasteiger partial charge on any atom is 0.305 e. The Hall–Kier alpha value is -0.790. The molecule has 20 heavy (non-hydrogen) atoms. The number of rotatable bonds is 0. The van der Waals surface area contributed by atoms with E-state index < -0.39 is 0 Å². The quantitative estimate of drug-likeness (QED) is 0.437. The van der Waals surface area contributed by atoms with Gasteiger partial charge in [0, 0.05) is 6.42 Å². The fourth-order valence-electron chi connectivity index (χ4n) is 2.63. The van der Waals surface area contributed by atoms with Crippen molar-refractivity contribution in [2.45, 2.75) is 84.0 Å². The summed E-state index contributed by atoms with van der Waals surface area (Å²) >= 11 is 0. The first kappa shape index (κ1) is 17.3. The first-order valence-corrected chi connectivity index (χ1v) is 8.59. The van der Waals surface area contributed by atoms with Crippen molar-refractivity contribution in [1.82, 2.24) is 0 Å². The fraction of sp³-hybridized carbons (Fsp3) is 0.833. The van der Waals surface area contributed by atoms with E-state index in [2.05, 4.69) is 19.1 Å². The molecule has 1 unspecified atom stereocenters. The summed E-state index contributed by atoms with van der Waals surface area (Å²) in [6, 6.07) is 0. The van der Waals surface area contributed by atoms with Crippen molar-refractivity contribution >= 4 is 5.97 Å². The molecule has 116 valence electrons. The van der Waals surface area contributed by atoms with Crippen molar-refractivity contribution in [3.05, 3.63) is 12.2 Å². The van der Waals surface area contributed by atoms with Gasteiger partial charge in [-0.2, -0.15) is 0 Å². The molecular weight excluding hydrogens is 248 g/mol. The van der Waals surface area contributed by atoms with Gasteiger partial charge in [-0.05, 0) is 44.4 Å². The standard InChI is InChI=1S/C18H32O2/c1-17-14-12-10-8-6-4-2-3-5-7-9-11-13-15-18(19)20-16-17/h6,8,17H,2-5,7,9-16H2,1H3/b8-6+. The summed E-state index contributed by atoms with van der Waals surface area (Å²) in [6.45, 7) is 2.78. The SMILES string of the molecule is CC1CCC/C=C/CCCCCCCCCC(=O)OC1. The zero-order valence-electron chi connectivity index (χ0n) is 13.2. The van der Waals surface area contributed by atoms with Crippen LogP contribution < -0.4 is 0 Å². The van der Waals surface area contributed by atoms with Crippen LogP contribution in [0.15, 0.2) is 12.2 Å². The fourth-order valence-corrected chi connectivity index (χ4v) is 2.63. The molecule has 2 nitrogen and oxygen atoms in total. The second-order valence-corrected chi connectivity index (χ2v) is 6.20. The van der Waals surface area contributed by atoms with Gasteiger partial charge >= 0.3 is 5.97 Å². The molecule has 0 saturated heterocycles. The Kier molecular flexibility index (Phi) is 10.3. The molecule has 0 N–H and O–H groups in total. The molecule has 1 aliphatic rings. The zero-order chi connectivity index (χ0) is 14.5. The smallest absolute Gasteiger partial charge is 0.305 e. The van der Waals surface area contributed by atoms with E-state index in [1.807, 2.05) is 0 Å². The number of ether oxygens (including phenoxy) is 1. The third-order valence-corrected chi connectivity index (χ3v) is 4.01. The van der Waals surface area contributed by atoms with Crippen LogP contribution in [0.5, 0.6) is 0 Å². The van der Waals surface area contributed by atoms with Gasteiger partial charge in [-0.3, -0.25) is 4.79 Å². The molecule has 0 fully saturated rings. The Morgan fingerprint density at radius 1 is 0.900 bits per heavy atom. The van der Waals surface area contributed by atoms with E-state index in [9.17, 15) is 4.79 Å². The Balaban J connectivity index is 2.25. The van der Waals surface area contributed by atoms with Crippen LogP contribution in [0, 0.1) is 5.92 Å². The average Bonchev–Trinajstić information content (AvgIpc) is 2.44. The largest absolute Gasteiger partial charge is 0.465 e. The molecule has 0 aromatic heterocycles. The number of carbonyl (C=O) groups excluding carboxylic acids is 1. The van der Waals surface area contributed by atoms with E-state index in [1.165, 1.54) is 51.4 Å². The van der Waals surface area contributed by atoms with Gasteiger partial charge in [-0.25, -0.2) is 0 Å². The van der Waals surface area contributed by atoms with Crippen molar-refractivity contribution < 1.29 is 9.53 Å². The van der Waals surface area contributed by atoms with Crippen molar-refractivity contribution in [2.75, 3.05) is 6.61 Å². The van der Waals surface area contributed by atoms with Gasteiger partial charge in [0.2, 0.25) is 0 Å². The molecule has 1 rings (SSSR count). The van der Waals surface area contributed by atoms with Gasteiger partial charge in [-0.1, -0.05) is 51.2 Å². The highest BCUT2D eigenvalue weighted by molar-refractivity contribution is 5.69. The third kappa shape index (κ3) is 10.1. The highest BCUT2D eigenvalue weighted by atomic mass is 16.5. The lowest BCUT2D eigenvalue weighted by Gasteiger charge is -2.11. The molecule has 1 atom stereocenters. The maximum absolute atomic E-state index is 11.6. The average molecular weight is 280 g/mol. The summed E-state index contributed by atoms with van der Waals surface area (Å²) < 4.78 is 5.34. The molecule has 1 aliphatic heterocycles. The molecule has 0 radical (unpaired) electrons. The van der Waals surface area contributed by atoms with Crippen molar-refractivity contribution in [3.63, 3.8) is 0 Å². The molecule has 1 heterocycles. The number of hydrogen-bond acceptors (Lipinski definition) is 2. The molecule has 0 aromatic carbocycles. The summed E-state index contributed by atoms with van der Waals surface area (Å²) in [5.74, 6) is 0.490. The van der Waals surface area contributed by atoms with Crippen molar-refractivity contribution in [2.24, 2.45) is 5.92 Å². The molecule has 2 heteroatoms. The van der Waals surface area contributed by atoms with Crippen LogP contribution in [0.4, 0.5) is 0 Å². The van der Waals surface area contributed by atoms with Gasteiger partial charge in [0.05, 0.1) is 6.61 Å². The normalized spacial score (nSPS) is 27.1. The summed E-state index contributed by atoms with van der Waals surface area (Å²) in [6.07, 6.45) is 18.8. The lowest BCUT2D eigenvalue weighted by molar-refractivity contribution is -0.145. The van der Waals surface area contributed by atoms with Crippen LogP contribution >= 0.6 is 0 Å². The van der Waals surface area contributed by atoms with Gasteiger partial charge in [-0.15, -0.1) is 0 Å². The Bertz CT molecular complexity index is 271. The van der Waals surface area contributed by atoms with Crippen LogP contribution in [0.2, 0.25) is 0 Å². The minimum absolute atomic E-state index is 0.00198. The van der Waals surface area contributed by atoms with Crippen molar-refractivity contribution in [1.29, 1.82) is 0 Å². The van der Waals surface area contributed by atoms with Crippen LogP contribution in [-0.4, -0.2) is 12.6 Å². The Labute approximate surface area is 125 Å². The third-order valence-electron chi connectivity index (χ3n) is 4.01. The number of esters is 1. The molecule has 0 aromatic rings. The summed E-state index contributed by atoms with van der Waals surface area (Å²) in [5, 5.41) is 0. The highest BCUT2D eigenvalue weighted by Gasteiger charge is 2.07. The van der Waals surface area contributed by atoms with E-state index in [-0.39, 0.29) is 5.97 Å². The summed E-state index contributed by atoms with van der Waals surface area (Å²) in [7, 11) is 0. The molecule has 0 spiro atoms. The van der Waals surface area contributed by atoms with E-state index in [0.29, 0.717) is 18.9 Å². The lowest BCUT2D eigenvalue weighted by atomic mass is 10.0. The molecule has 0 saturated carbocycles. The van der Waals surface area contributed by atoms with E-state index >= 15 is 0 Å². The number of allylic oxidation sites excluding steroid dienone is 2. The lowest BCUT2D eigenvalue weighted by Crippen LogP contribution is -2.11. The zero-order valence-corrected chi connectivity index (χ0v) is 13.2. The van der Waals surface area contributed by atoms with Gasteiger partial charge in [0.25, 0.3) is 0 Å². The van der Waals surface area contributed by atoms with Gasteiger partial charge in [0.15, 0.2) is 0 Å². The topological polar surface area (TPSA) is 26.3 Å². The Morgan fingerprint density at radius 2 is 1.50 bits per heavy atom. The van der Waals surface area contributed by atoms with Gasteiger partial charge < -0.3 is 4.74 Å². The monoisotopic (exact) mass is 280 g/mol. The minimum atomic E-state index is -0.00198. The van der Waals surface area contributed by atoms with E-state index in [4.69, 9.17) is 4.74 Å². The first-order valence-electron chi connectivity index (χ1n) is 8.59. The number of carbonyl (C=O) groups is 1. The first-order chi connectivity index (χ1) is 9.79. The molecule has 0 aliphatic carbocycles. The van der Waals surface area contributed by atoms with Crippen molar-refractivity contribution in [3.8, 4) is 0 Å². The highest BCUT2D eigenvalue weighted by Crippen LogP contribution is 2.13. The second kappa shape index (κ2) is 12.0. The summed E-state index contributed by atoms with van der Waals surface area (Å²) in [5.41, 5.74) is 0. The second-order valence-electron chi connectivity index (χ2n) is 6.20.